The van der Waals surface area contributed by atoms with Crippen molar-refractivity contribution in [2.75, 3.05) is 16.8 Å². The van der Waals surface area contributed by atoms with Crippen LogP contribution in [-0.2, 0) is 0 Å². The third kappa shape index (κ3) is 2.66. The molecule has 0 aromatic heterocycles. The van der Waals surface area contributed by atoms with Crippen LogP contribution in [0, 0.1) is 0 Å². The molecule has 0 radical (unpaired) electrons. The van der Waals surface area contributed by atoms with E-state index in [9.17, 15) is 0 Å². The van der Waals surface area contributed by atoms with Crippen LogP contribution < -0.4 is 5.32 Å². The molecule has 1 aliphatic heterocycles. The van der Waals surface area contributed by atoms with Crippen LogP contribution in [0.25, 0.3) is 0 Å². The van der Waals surface area contributed by atoms with Crippen molar-refractivity contribution in [3.05, 3.63) is 30.3 Å². The predicted molar refractivity (Wildman–Crippen MR) is 60.4 cm³/mol. The number of nitrogens with one attached hydrogen (secondary N) is 1. The summed E-state index contributed by atoms with van der Waals surface area (Å²) in [6.07, 6.45) is 2.68. The summed E-state index contributed by atoms with van der Waals surface area (Å²) >= 11 is 2.06. The first-order valence-corrected chi connectivity index (χ1v) is 6.00. The van der Waals surface area contributed by atoms with Gasteiger partial charge in [0, 0.05) is 17.5 Å². The van der Waals surface area contributed by atoms with E-state index >= 15 is 0 Å². The van der Waals surface area contributed by atoms with Gasteiger partial charge in [0.1, 0.15) is 0 Å². The van der Waals surface area contributed by atoms with Crippen LogP contribution in [0.5, 0.6) is 0 Å². The maximum absolute atomic E-state index is 3.56. The van der Waals surface area contributed by atoms with Gasteiger partial charge in [0.15, 0.2) is 0 Å². The summed E-state index contributed by atoms with van der Waals surface area (Å²) in [5.74, 6) is 2.60. The molecule has 1 aromatic rings. The number of thioether (sulfide) groups is 1. The SMILES string of the molecule is c1ccc(NC2CCCSC2)cc1. The molecule has 1 atom stereocenters. The Balaban J connectivity index is 1.90. The zero-order valence-electron chi connectivity index (χ0n) is 7.70. The number of hydrogen-bond acceptors (Lipinski definition) is 2. The van der Waals surface area contributed by atoms with E-state index in [1.807, 2.05) is 0 Å². The highest BCUT2D eigenvalue weighted by atomic mass is 32.2. The number of rotatable bonds is 2. The summed E-state index contributed by atoms with van der Waals surface area (Å²) in [4.78, 5) is 0. The van der Waals surface area contributed by atoms with Gasteiger partial charge < -0.3 is 5.32 Å². The van der Waals surface area contributed by atoms with Gasteiger partial charge in [-0.3, -0.25) is 0 Å². The Hall–Kier alpha value is -0.630. The molecule has 1 N–H and O–H groups in total. The van der Waals surface area contributed by atoms with Crippen molar-refractivity contribution >= 4 is 17.4 Å². The van der Waals surface area contributed by atoms with E-state index in [4.69, 9.17) is 0 Å². The summed E-state index contributed by atoms with van der Waals surface area (Å²) in [5, 5.41) is 3.56. The van der Waals surface area contributed by atoms with E-state index in [0.29, 0.717) is 6.04 Å². The van der Waals surface area contributed by atoms with Gasteiger partial charge in [-0.05, 0) is 30.7 Å². The first-order valence-electron chi connectivity index (χ1n) is 4.84. The molecule has 70 valence electrons. The molecule has 2 rings (SSSR count). The molecule has 0 saturated carbocycles. The third-order valence-electron chi connectivity index (χ3n) is 2.30. The molecular weight excluding hydrogens is 178 g/mol. The first kappa shape index (κ1) is 8.95. The number of hydrogen-bond donors (Lipinski definition) is 1. The number of benzene rings is 1. The smallest absolute Gasteiger partial charge is 0.0352 e. The lowest BCUT2D eigenvalue weighted by atomic mass is 10.2. The zero-order chi connectivity index (χ0) is 8.93. The summed E-state index contributed by atoms with van der Waals surface area (Å²) < 4.78 is 0. The van der Waals surface area contributed by atoms with E-state index in [0.717, 1.165) is 0 Å². The maximum Gasteiger partial charge on any atom is 0.0352 e. The summed E-state index contributed by atoms with van der Waals surface area (Å²) in [6.45, 7) is 0. The van der Waals surface area contributed by atoms with Crippen molar-refractivity contribution < 1.29 is 0 Å². The maximum atomic E-state index is 3.56. The number of para-hydroxylation sites is 1. The van der Waals surface area contributed by atoms with Gasteiger partial charge in [-0.25, -0.2) is 0 Å². The molecule has 1 nitrogen and oxygen atoms in total. The minimum atomic E-state index is 0.682. The van der Waals surface area contributed by atoms with E-state index in [1.165, 1.54) is 30.0 Å². The van der Waals surface area contributed by atoms with E-state index in [2.05, 4.69) is 47.4 Å². The molecule has 1 saturated heterocycles. The van der Waals surface area contributed by atoms with Crippen LogP contribution in [0.15, 0.2) is 30.3 Å². The number of anilines is 1. The van der Waals surface area contributed by atoms with Gasteiger partial charge in [0.05, 0.1) is 0 Å². The highest BCUT2D eigenvalue weighted by Crippen LogP contribution is 2.20. The Labute approximate surface area is 83.9 Å². The van der Waals surface area contributed by atoms with Crippen molar-refractivity contribution in [1.82, 2.24) is 0 Å². The van der Waals surface area contributed by atoms with Gasteiger partial charge in [-0.1, -0.05) is 18.2 Å². The van der Waals surface area contributed by atoms with Crippen molar-refractivity contribution in [2.24, 2.45) is 0 Å². The molecule has 1 unspecified atom stereocenters. The van der Waals surface area contributed by atoms with Crippen LogP contribution in [0.3, 0.4) is 0 Å². The van der Waals surface area contributed by atoms with Gasteiger partial charge in [0.2, 0.25) is 0 Å². The van der Waals surface area contributed by atoms with E-state index in [-0.39, 0.29) is 0 Å². The van der Waals surface area contributed by atoms with E-state index < -0.39 is 0 Å². The molecule has 1 heterocycles. The minimum Gasteiger partial charge on any atom is -0.381 e. The topological polar surface area (TPSA) is 12.0 Å². The summed E-state index contributed by atoms with van der Waals surface area (Å²) in [7, 11) is 0. The molecule has 0 bridgehead atoms. The third-order valence-corrected chi connectivity index (χ3v) is 3.52. The molecule has 13 heavy (non-hydrogen) atoms. The molecule has 2 heteroatoms. The Morgan fingerprint density at radius 1 is 1.23 bits per heavy atom. The lowest BCUT2D eigenvalue weighted by molar-refractivity contribution is 0.685. The molecule has 1 aromatic carbocycles. The standard InChI is InChI=1S/C11H15NS/c1-2-5-10(6-3-1)12-11-7-4-8-13-9-11/h1-3,5-6,11-12H,4,7-9H2. The molecule has 1 fully saturated rings. The predicted octanol–water partition coefficient (Wildman–Crippen LogP) is 2.99. The first-order chi connectivity index (χ1) is 6.45. The Morgan fingerprint density at radius 2 is 2.08 bits per heavy atom. The van der Waals surface area contributed by atoms with Crippen LogP contribution >= 0.6 is 11.8 Å². The average Bonchev–Trinajstić information content (AvgIpc) is 2.21. The largest absolute Gasteiger partial charge is 0.381 e. The second-order valence-corrected chi connectivity index (χ2v) is 4.57. The van der Waals surface area contributed by atoms with Crippen LogP contribution in [-0.4, -0.2) is 17.5 Å². The van der Waals surface area contributed by atoms with Crippen molar-refractivity contribution in [3.8, 4) is 0 Å². The lowest BCUT2D eigenvalue weighted by Gasteiger charge is -2.23. The van der Waals surface area contributed by atoms with Gasteiger partial charge in [0.25, 0.3) is 0 Å². The average molecular weight is 193 g/mol. The minimum absolute atomic E-state index is 0.682. The lowest BCUT2D eigenvalue weighted by Crippen LogP contribution is -2.25. The Kier molecular flexibility index (Phi) is 3.14. The molecule has 0 amide bonds. The Morgan fingerprint density at radius 3 is 2.77 bits per heavy atom. The fraction of sp³-hybridized carbons (Fsp3) is 0.455. The van der Waals surface area contributed by atoms with Crippen molar-refractivity contribution in [3.63, 3.8) is 0 Å². The molecule has 0 spiro atoms. The second kappa shape index (κ2) is 4.56. The molecular formula is C11H15NS. The van der Waals surface area contributed by atoms with Gasteiger partial charge in [-0.15, -0.1) is 0 Å². The van der Waals surface area contributed by atoms with Crippen molar-refractivity contribution in [1.29, 1.82) is 0 Å². The Bertz CT molecular complexity index is 242. The van der Waals surface area contributed by atoms with Crippen LogP contribution in [0.2, 0.25) is 0 Å². The van der Waals surface area contributed by atoms with Gasteiger partial charge in [-0.2, -0.15) is 11.8 Å². The van der Waals surface area contributed by atoms with E-state index in [1.54, 1.807) is 0 Å². The second-order valence-electron chi connectivity index (χ2n) is 3.42. The summed E-state index contributed by atoms with van der Waals surface area (Å²) in [6, 6.07) is 11.2. The monoisotopic (exact) mass is 193 g/mol. The molecule has 1 aliphatic rings. The molecule has 0 aliphatic carbocycles. The van der Waals surface area contributed by atoms with Crippen LogP contribution in [0.4, 0.5) is 5.69 Å². The quantitative estimate of drug-likeness (QED) is 0.775. The normalized spacial score (nSPS) is 22.6. The van der Waals surface area contributed by atoms with Crippen molar-refractivity contribution in [2.45, 2.75) is 18.9 Å². The fourth-order valence-electron chi connectivity index (χ4n) is 1.62. The highest BCUT2D eigenvalue weighted by Gasteiger charge is 2.12. The fourth-order valence-corrected chi connectivity index (χ4v) is 2.70. The van der Waals surface area contributed by atoms with Crippen LogP contribution in [0.1, 0.15) is 12.8 Å². The zero-order valence-corrected chi connectivity index (χ0v) is 8.52. The highest BCUT2D eigenvalue weighted by molar-refractivity contribution is 7.99. The van der Waals surface area contributed by atoms with Gasteiger partial charge >= 0.3 is 0 Å². The summed E-state index contributed by atoms with van der Waals surface area (Å²) in [5.41, 5.74) is 1.26.